The summed E-state index contributed by atoms with van der Waals surface area (Å²) in [6.07, 6.45) is 9.76. The van der Waals surface area contributed by atoms with E-state index < -0.39 is 0 Å². The number of rotatable bonds is 8. The largest absolute Gasteiger partial charge is 0.468 e. The topological polar surface area (TPSA) is 91.3 Å². The predicted molar refractivity (Wildman–Crippen MR) is 104 cm³/mol. The number of hydrogen-bond acceptors (Lipinski definition) is 7. The number of nitrogens with two attached hydrogens (primary N) is 1. The van der Waals surface area contributed by atoms with Crippen molar-refractivity contribution in [3.8, 4) is 12.0 Å². The third-order valence-electron chi connectivity index (χ3n) is 5.63. The number of aromatic nitrogens is 4. The zero-order valence-electron chi connectivity index (χ0n) is 16.2. The maximum Gasteiger partial charge on any atom is 0.320 e. The van der Waals surface area contributed by atoms with Gasteiger partial charge in [-0.25, -0.2) is 0 Å². The number of hydrogen-bond donors (Lipinski definition) is 1. The van der Waals surface area contributed by atoms with E-state index in [-0.39, 0.29) is 6.10 Å². The molecule has 0 unspecified atom stereocenters. The van der Waals surface area contributed by atoms with E-state index in [1.54, 1.807) is 7.11 Å². The fourth-order valence-corrected chi connectivity index (χ4v) is 3.82. The molecule has 0 amide bonds. The first kappa shape index (κ1) is 18.3. The third-order valence-corrected chi connectivity index (χ3v) is 5.63. The highest BCUT2D eigenvalue weighted by atomic mass is 16.5. The summed E-state index contributed by atoms with van der Waals surface area (Å²) in [6.45, 7) is 4.43. The Morgan fingerprint density at radius 3 is 2.48 bits per heavy atom. The lowest BCUT2D eigenvalue weighted by Crippen LogP contribution is -2.30. The zero-order chi connectivity index (χ0) is 18.6. The number of aryl methyl sites for hydroxylation is 1. The molecule has 148 valence electrons. The number of piperidine rings is 1. The van der Waals surface area contributed by atoms with Crippen LogP contribution in [0.4, 0.5) is 5.82 Å². The molecular formula is C19H30N6O2. The Morgan fingerprint density at radius 1 is 1.00 bits per heavy atom. The van der Waals surface area contributed by atoms with Crippen LogP contribution in [0.2, 0.25) is 0 Å². The minimum Gasteiger partial charge on any atom is -0.468 e. The molecule has 0 spiro atoms. The first-order chi connectivity index (χ1) is 13.2. The summed E-state index contributed by atoms with van der Waals surface area (Å²) in [6, 6.07) is 0.881. The fourth-order valence-electron chi connectivity index (χ4n) is 3.82. The smallest absolute Gasteiger partial charge is 0.320 e. The van der Waals surface area contributed by atoms with Gasteiger partial charge in [-0.05, 0) is 64.6 Å². The minimum atomic E-state index is 0.213. The molecule has 0 aromatic carbocycles. The molecule has 8 heteroatoms. The number of fused-ring (bicyclic) bond motifs is 1. The molecule has 2 N–H and O–H groups in total. The summed E-state index contributed by atoms with van der Waals surface area (Å²) in [5.74, 6) is 0.347. The van der Waals surface area contributed by atoms with Crippen molar-refractivity contribution < 1.29 is 9.47 Å². The fraction of sp³-hybridized carbons (Fsp3) is 0.737. The van der Waals surface area contributed by atoms with Crippen molar-refractivity contribution in [1.82, 2.24) is 24.4 Å². The summed E-state index contributed by atoms with van der Waals surface area (Å²) in [5, 5.41) is 0. The Morgan fingerprint density at radius 2 is 1.78 bits per heavy atom. The van der Waals surface area contributed by atoms with Gasteiger partial charge < -0.3 is 20.1 Å². The Balaban J connectivity index is 1.45. The van der Waals surface area contributed by atoms with Crippen LogP contribution in [-0.4, -0.2) is 57.3 Å². The van der Waals surface area contributed by atoms with Crippen LogP contribution in [0.1, 0.15) is 51.4 Å². The van der Waals surface area contributed by atoms with Crippen LogP contribution in [-0.2, 0) is 6.54 Å². The van der Waals surface area contributed by atoms with Crippen molar-refractivity contribution in [2.24, 2.45) is 0 Å². The molecule has 1 aliphatic carbocycles. The van der Waals surface area contributed by atoms with Crippen LogP contribution in [0.25, 0.3) is 11.2 Å². The van der Waals surface area contributed by atoms with Gasteiger partial charge in [-0.15, -0.1) is 0 Å². The molecule has 8 nitrogen and oxygen atoms in total. The standard InChI is InChI=1S/C19H30N6O2/c1-26-19-21-15-16(20)22-18(27-14-8-7-9-14)23-17(15)25(19)13-6-5-12-24-10-3-2-4-11-24/h14H,2-13H2,1H3,(H2,20,22,23). The van der Waals surface area contributed by atoms with Gasteiger partial charge in [-0.3, -0.25) is 4.57 Å². The number of nitrogens with zero attached hydrogens (tertiary/aromatic N) is 5. The van der Waals surface area contributed by atoms with Crippen molar-refractivity contribution in [1.29, 1.82) is 0 Å². The molecule has 2 aliphatic rings. The monoisotopic (exact) mass is 374 g/mol. The molecule has 4 rings (SSSR count). The second kappa shape index (κ2) is 8.29. The summed E-state index contributed by atoms with van der Waals surface area (Å²) in [7, 11) is 1.63. The van der Waals surface area contributed by atoms with Gasteiger partial charge in [0.25, 0.3) is 6.01 Å². The van der Waals surface area contributed by atoms with Gasteiger partial charge in [0.1, 0.15) is 6.10 Å². The van der Waals surface area contributed by atoms with E-state index in [1.807, 2.05) is 4.57 Å². The van der Waals surface area contributed by atoms with Crippen LogP contribution in [0.3, 0.4) is 0 Å². The van der Waals surface area contributed by atoms with Gasteiger partial charge in [-0.1, -0.05) is 6.42 Å². The van der Waals surface area contributed by atoms with Crippen LogP contribution >= 0.6 is 0 Å². The molecule has 1 aliphatic heterocycles. The first-order valence-corrected chi connectivity index (χ1v) is 10.2. The van der Waals surface area contributed by atoms with Crippen molar-refractivity contribution in [2.75, 3.05) is 32.5 Å². The molecule has 2 fully saturated rings. The zero-order valence-corrected chi connectivity index (χ0v) is 16.2. The molecule has 3 heterocycles. The summed E-state index contributed by atoms with van der Waals surface area (Å²) < 4.78 is 13.3. The Hall–Kier alpha value is -2.09. The van der Waals surface area contributed by atoms with Crippen molar-refractivity contribution in [2.45, 2.75) is 64.0 Å². The summed E-state index contributed by atoms with van der Waals surface area (Å²) in [4.78, 5) is 15.9. The van der Waals surface area contributed by atoms with E-state index in [9.17, 15) is 0 Å². The summed E-state index contributed by atoms with van der Waals surface area (Å²) in [5.41, 5.74) is 7.40. The number of anilines is 1. The number of unbranched alkanes of at least 4 members (excludes halogenated alkanes) is 1. The second-order valence-corrected chi connectivity index (χ2v) is 7.59. The van der Waals surface area contributed by atoms with Crippen LogP contribution in [0.5, 0.6) is 12.0 Å². The van der Waals surface area contributed by atoms with E-state index in [0.29, 0.717) is 29.0 Å². The third kappa shape index (κ3) is 4.10. The maximum absolute atomic E-state index is 6.11. The quantitative estimate of drug-likeness (QED) is 0.710. The SMILES string of the molecule is COc1nc2c(N)nc(OC3CCC3)nc2n1CCCCN1CCCCC1. The average Bonchev–Trinajstić information content (AvgIpc) is 3.01. The number of ether oxygens (including phenoxy) is 2. The van der Waals surface area contributed by atoms with E-state index in [2.05, 4.69) is 19.9 Å². The molecular weight excluding hydrogens is 344 g/mol. The molecule has 0 bridgehead atoms. The Bertz CT molecular complexity index is 767. The van der Waals surface area contributed by atoms with E-state index >= 15 is 0 Å². The summed E-state index contributed by atoms with van der Waals surface area (Å²) >= 11 is 0. The van der Waals surface area contributed by atoms with Gasteiger partial charge in [-0.2, -0.15) is 15.0 Å². The molecule has 1 saturated carbocycles. The maximum atomic E-state index is 6.11. The van der Waals surface area contributed by atoms with Crippen LogP contribution < -0.4 is 15.2 Å². The lowest BCUT2D eigenvalue weighted by atomic mass is 9.96. The molecule has 0 radical (unpaired) electrons. The van der Waals surface area contributed by atoms with Gasteiger partial charge >= 0.3 is 6.01 Å². The normalized spacial score (nSPS) is 18.6. The van der Waals surface area contributed by atoms with Crippen molar-refractivity contribution in [3.63, 3.8) is 0 Å². The number of nitrogen functional groups attached to an aromatic ring is 1. The van der Waals surface area contributed by atoms with Crippen LogP contribution in [0, 0.1) is 0 Å². The second-order valence-electron chi connectivity index (χ2n) is 7.59. The first-order valence-electron chi connectivity index (χ1n) is 10.2. The minimum absolute atomic E-state index is 0.213. The number of likely N-dealkylation sites (tertiary alicyclic amines) is 1. The molecule has 0 atom stereocenters. The van der Waals surface area contributed by atoms with Gasteiger partial charge in [0.2, 0.25) is 0 Å². The van der Waals surface area contributed by atoms with Crippen molar-refractivity contribution in [3.05, 3.63) is 0 Å². The highest BCUT2D eigenvalue weighted by molar-refractivity contribution is 5.83. The highest BCUT2D eigenvalue weighted by Gasteiger charge is 2.23. The average molecular weight is 374 g/mol. The molecule has 27 heavy (non-hydrogen) atoms. The van der Waals surface area contributed by atoms with E-state index in [4.69, 9.17) is 15.2 Å². The lowest BCUT2D eigenvalue weighted by Gasteiger charge is -2.26. The molecule has 2 aromatic heterocycles. The molecule has 2 aromatic rings. The highest BCUT2D eigenvalue weighted by Crippen LogP contribution is 2.28. The van der Waals surface area contributed by atoms with Gasteiger partial charge in [0.05, 0.1) is 7.11 Å². The van der Waals surface area contributed by atoms with Crippen LogP contribution in [0.15, 0.2) is 0 Å². The molecule has 1 saturated heterocycles. The Labute approximate surface area is 160 Å². The van der Waals surface area contributed by atoms with Gasteiger partial charge in [0.15, 0.2) is 17.0 Å². The van der Waals surface area contributed by atoms with Gasteiger partial charge in [0, 0.05) is 6.54 Å². The number of imidazole rings is 1. The van der Waals surface area contributed by atoms with E-state index in [0.717, 1.165) is 38.8 Å². The van der Waals surface area contributed by atoms with Crippen molar-refractivity contribution >= 4 is 17.0 Å². The van der Waals surface area contributed by atoms with E-state index in [1.165, 1.54) is 38.8 Å². The Kier molecular flexibility index (Phi) is 5.61. The number of methoxy groups -OCH3 is 1. The lowest BCUT2D eigenvalue weighted by molar-refractivity contribution is 0.109. The predicted octanol–water partition coefficient (Wildman–Crippen LogP) is 2.61.